The van der Waals surface area contributed by atoms with Crippen LogP contribution >= 0.6 is 0 Å². The Kier molecular flexibility index (Phi) is 11.4. The van der Waals surface area contributed by atoms with E-state index in [1.165, 1.54) is 148 Å². The molecular formula is C27H51N. The molecule has 2 unspecified atom stereocenters. The second-order valence-corrected chi connectivity index (χ2v) is 10.7. The van der Waals surface area contributed by atoms with Gasteiger partial charge in [-0.3, -0.25) is 0 Å². The van der Waals surface area contributed by atoms with Gasteiger partial charge in [0.25, 0.3) is 0 Å². The highest BCUT2D eigenvalue weighted by Gasteiger charge is 2.33. The SMILES string of the molecule is C1CCCCC(CNC2CCCC2C2CCCCCCCCCC2)CCCC1. The van der Waals surface area contributed by atoms with Crippen molar-refractivity contribution in [1.29, 1.82) is 0 Å². The fraction of sp³-hybridized carbons (Fsp3) is 1.00. The molecule has 3 aliphatic rings. The molecule has 0 bridgehead atoms. The van der Waals surface area contributed by atoms with Gasteiger partial charge in [-0.1, -0.05) is 116 Å². The predicted octanol–water partition coefficient (Wildman–Crippen LogP) is 8.42. The van der Waals surface area contributed by atoms with Crippen molar-refractivity contribution in [3.05, 3.63) is 0 Å². The van der Waals surface area contributed by atoms with Gasteiger partial charge in [0, 0.05) is 6.04 Å². The minimum atomic E-state index is 0.852. The van der Waals surface area contributed by atoms with Crippen LogP contribution in [0.3, 0.4) is 0 Å². The maximum atomic E-state index is 4.16. The molecule has 164 valence electrons. The van der Waals surface area contributed by atoms with Gasteiger partial charge in [-0.2, -0.15) is 0 Å². The topological polar surface area (TPSA) is 12.0 Å². The summed E-state index contributed by atoms with van der Waals surface area (Å²) in [6.07, 6.45) is 33.0. The second kappa shape index (κ2) is 14.1. The van der Waals surface area contributed by atoms with Crippen molar-refractivity contribution in [2.45, 2.75) is 147 Å². The second-order valence-electron chi connectivity index (χ2n) is 10.7. The zero-order valence-electron chi connectivity index (χ0n) is 19.1. The fourth-order valence-electron chi connectivity index (χ4n) is 6.67. The monoisotopic (exact) mass is 389 g/mol. The Balaban J connectivity index is 1.46. The normalized spacial score (nSPS) is 31.3. The molecule has 0 aromatic heterocycles. The average Bonchev–Trinajstić information content (AvgIpc) is 3.16. The van der Waals surface area contributed by atoms with Crippen LogP contribution in [0.2, 0.25) is 0 Å². The van der Waals surface area contributed by atoms with Gasteiger partial charge < -0.3 is 5.32 Å². The van der Waals surface area contributed by atoms with Crippen LogP contribution in [0.15, 0.2) is 0 Å². The highest BCUT2D eigenvalue weighted by atomic mass is 14.9. The first-order valence-corrected chi connectivity index (χ1v) is 13.7. The van der Waals surface area contributed by atoms with Crippen molar-refractivity contribution in [1.82, 2.24) is 5.32 Å². The summed E-state index contributed by atoms with van der Waals surface area (Å²) in [5.74, 6) is 2.99. The fourth-order valence-corrected chi connectivity index (χ4v) is 6.67. The number of rotatable bonds is 4. The minimum Gasteiger partial charge on any atom is -0.313 e. The standard InChI is InChI=1S/C27H51N/c1-2-7-11-15-20-25(19-14-10-6-1)26-21-16-22-27(26)28-23-24-17-12-8-4-3-5-9-13-18-24/h24-28H,1-23H2. The van der Waals surface area contributed by atoms with Crippen LogP contribution < -0.4 is 5.32 Å². The average molecular weight is 390 g/mol. The summed E-state index contributed by atoms with van der Waals surface area (Å²) in [7, 11) is 0. The lowest BCUT2D eigenvalue weighted by Gasteiger charge is -2.31. The van der Waals surface area contributed by atoms with Crippen molar-refractivity contribution < 1.29 is 0 Å². The van der Waals surface area contributed by atoms with Crippen LogP contribution in [0.5, 0.6) is 0 Å². The van der Waals surface area contributed by atoms with Gasteiger partial charge in [0.05, 0.1) is 0 Å². The quantitative estimate of drug-likeness (QED) is 0.508. The largest absolute Gasteiger partial charge is 0.313 e. The highest BCUT2D eigenvalue weighted by Crippen LogP contribution is 2.38. The van der Waals surface area contributed by atoms with E-state index in [9.17, 15) is 0 Å². The van der Waals surface area contributed by atoms with E-state index in [1.807, 2.05) is 0 Å². The van der Waals surface area contributed by atoms with E-state index in [4.69, 9.17) is 0 Å². The van der Waals surface area contributed by atoms with E-state index in [-0.39, 0.29) is 0 Å². The van der Waals surface area contributed by atoms with Crippen molar-refractivity contribution >= 4 is 0 Å². The summed E-state index contributed by atoms with van der Waals surface area (Å²) < 4.78 is 0. The van der Waals surface area contributed by atoms with E-state index >= 15 is 0 Å². The molecular weight excluding hydrogens is 338 g/mol. The van der Waals surface area contributed by atoms with Crippen LogP contribution in [0.25, 0.3) is 0 Å². The van der Waals surface area contributed by atoms with Gasteiger partial charge in [-0.25, -0.2) is 0 Å². The Bertz CT molecular complexity index is 356. The Labute approximate surface area is 177 Å². The highest BCUT2D eigenvalue weighted by molar-refractivity contribution is 4.88. The molecule has 0 aliphatic heterocycles. The van der Waals surface area contributed by atoms with Crippen molar-refractivity contribution in [3.63, 3.8) is 0 Å². The van der Waals surface area contributed by atoms with Gasteiger partial charge in [-0.15, -0.1) is 0 Å². The van der Waals surface area contributed by atoms with Gasteiger partial charge in [-0.05, 0) is 50.0 Å². The van der Waals surface area contributed by atoms with Crippen LogP contribution in [0.1, 0.15) is 141 Å². The number of nitrogens with one attached hydrogen (secondary N) is 1. The number of hydrogen-bond acceptors (Lipinski definition) is 1. The van der Waals surface area contributed by atoms with E-state index in [2.05, 4.69) is 5.32 Å². The molecule has 28 heavy (non-hydrogen) atoms. The molecule has 3 aliphatic carbocycles. The summed E-state index contributed by atoms with van der Waals surface area (Å²) in [4.78, 5) is 0. The van der Waals surface area contributed by atoms with Crippen molar-refractivity contribution in [2.24, 2.45) is 17.8 Å². The molecule has 3 saturated carbocycles. The van der Waals surface area contributed by atoms with E-state index in [1.54, 1.807) is 0 Å². The van der Waals surface area contributed by atoms with E-state index < -0.39 is 0 Å². The third-order valence-electron chi connectivity index (χ3n) is 8.47. The molecule has 0 amide bonds. The summed E-state index contributed by atoms with van der Waals surface area (Å²) >= 11 is 0. The molecule has 0 aromatic carbocycles. The van der Waals surface area contributed by atoms with Crippen LogP contribution in [-0.2, 0) is 0 Å². The molecule has 1 N–H and O–H groups in total. The molecule has 1 heteroatoms. The molecule has 0 spiro atoms. The molecule has 0 saturated heterocycles. The Hall–Kier alpha value is -0.0400. The lowest BCUT2D eigenvalue weighted by Crippen LogP contribution is -2.39. The first kappa shape index (κ1) is 22.6. The van der Waals surface area contributed by atoms with Crippen LogP contribution in [-0.4, -0.2) is 12.6 Å². The Morgan fingerprint density at radius 3 is 1.43 bits per heavy atom. The van der Waals surface area contributed by atoms with E-state index in [0.29, 0.717) is 0 Å². The maximum Gasteiger partial charge on any atom is 0.00980 e. The molecule has 3 fully saturated rings. The lowest BCUT2D eigenvalue weighted by atomic mass is 9.80. The van der Waals surface area contributed by atoms with Gasteiger partial charge in [0.15, 0.2) is 0 Å². The van der Waals surface area contributed by atoms with Gasteiger partial charge >= 0.3 is 0 Å². The zero-order valence-corrected chi connectivity index (χ0v) is 19.1. The molecule has 0 heterocycles. The maximum absolute atomic E-state index is 4.16. The minimum absolute atomic E-state index is 0.852. The van der Waals surface area contributed by atoms with Crippen LogP contribution in [0, 0.1) is 17.8 Å². The van der Waals surface area contributed by atoms with Crippen LogP contribution in [0.4, 0.5) is 0 Å². The molecule has 3 rings (SSSR count). The van der Waals surface area contributed by atoms with E-state index in [0.717, 1.165) is 23.8 Å². The van der Waals surface area contributed by atoms with Gasteiger partial charge in [0.2, 0.25) is 0 Å². The smallest absolute Gasteiger partial charge is 0.00980 e. The third kappa shape index (κ3) is 8.37. The van der Waals surface area contributed by atoms with Crippen molar-refractivity contribution in [3.8, 4) is 0 Å². The number of hydrogen-bond donors (Lipinski definition) is 1. The molecule has 0 radical (unpaired) electrons. The zero-order chi connectivity index (χ0) is 19.3. The summed E-state index contributed by atoms with van der Waals surface area (Å²) in [5, 5.41) is 4.16. The molecule has 1 nitrogen and oxygen atoms in total. The first-order valence-electron chi connectivity index (χ1n) is 13.7. The Morgan fingerprint density at radius 2 is 0.893 bits per heavy atom. The Morgan fingerprint density at radius 1 is 0.429 bits per heavy atom. The summed E-state index contributed by atoms with van der Waals surface area (Å²) in [6.45, 7) is 1.33. The third-order valence-corrected chi connectivity index (χ3v) is 8.47. The summed E-state index contributed by atoms with van der Waals surface area (Å²) in [5.41, 5.74) is 0. The summed E-state index contributed by atoms with van der Waals surface area (Å²) in [6, 6.07) is 0.852. The lowest BCUT2D eigenvalue weighted by molar-refractivity contribution is 0.230. The first-order chi connectivity index (χ1) is 13.9. The predicted molar refractivity (Wildman–Crippen MR) is 124 cm³/mol. The molecule has 0 aromatic rings. The van der Waals surface area contributed by atoms with Crippen molar-refractivity contribution in [2.75, 3.05) is 6.54 Å². The van der Waals surface area contributed by atoms with Gasteiger partial charge in [0.1, 0.15) is 0 Å². The molecule has 2 atom stereocenters.